The Hall–Kier alpha value is -1.57. The van der Waals surface area contributed by atoms with Gasteiger partial charge in [0.15, 0.2) is 11.6 Å². The normalized spacial score (nSPS) is 10.5. The van der Waals surface area contributed by atoms with Crippen LogP contribution in [0, 0.1) is 6.92 Å². The number of hydrogen-bond donors (Lipinski definition) is 3. The van der Waals surface area contributed by atoms with E-state index in [1.807, 2.05) is 0 Å². The molecule has 102 valence electrons. The van der Waals surface area contributed by atoms with Crippen LogP contribution in [-0.2, 0) is 6.42 Å². The van der Waals surface area contributed by atoms with E-state index in [4.69, 9.17) is 33.6 Å². The van der Waals surface area contributed by atoms with Gasteiger partial charge in [0.05, 0.1) is 10.0 Å². The van der Waals surface area contributed by atoms with Crippen LogP contribution in [0.25, 0.3) is 0 Å². The van der Waals surface area contributed by atoms with Gasteiger partial charge in [0.2, 0.25) is 5.89 Å². The number of hydrazine groups is 1. The van der Waals surface area contributed by atoms with Crippen molar-refractivity contribution >= 4 is 34.8 Å². The van der Waals surface area contributed by atoms with Crippen LogP contribution in [0.3, 0.4) is 0 Å². The molecule has 0 aliphatic carbocycles. The molecule has 0 radical (unpaired) electrons. The van der Waals surface area contributed by atoms with Crippen molar-refractivity contribution in [2.45, 2.75) is 13.3 Å². The number of pyridine rings is 1. The van der Waals surface area contributed by atoms with E-state index >= 15 is 0 Å². The molecule has 0 spiro atoms. The quantitative estimate of drug-likeness (QED) is 0.573. The number of aromatic nitrogens is 3. The van der Waals surface area contributed by atoms with Crippen LogP contribution >= 0.6 is 23.2 Å². The Kier molecular flexibility index (Phi) is 4.41. The molecule has 0 amide bonds. The fourth-order valence-corrected chi connectivity index (χ4v) is 1.90. The molecular formula is C10H12Cl2N6O. The third kappa shape index (κ3) is 3.46. The molecule has 0 unspecified atom stereocenters. The van der Waals surface area contributed by atoms with Crippen molar-refractivity contribution in [1.29, 1.82) is 0 Å². The predicted octanol–water partition coefficient (Wildman–Crippen LogP) is 2.02. The zero-order chi connectivity index (χ0) is 13.8. The maximum Gasteiger partial charge on any atom is 0.228 e. The molecule has 4 N–H and O–H groups in total. The Bertz CT molecular complexity index is 573. The van der Waals surface area contributed by atoms with Crippen LogP contribution in [0.15, 0.2) is 10.6 Å². The van der Waals surface area contributed by atoms with Crippen LogP contribution in [-0.4, -0.2) is 21.7 Å². The van der Waals surface area contributed by atoms with E-state index in [2.05, 4.69) is 25.9 Å². The van der Waals surface area contributed by atoms with Gasteiger partial charge in [0, 0.05) is 13.0 Å². The number of halogens is 2. The standard InChI is InChI=1S/C10H12Cl2N6O/c1-5-15-8(19-18-5)2-3-14-9-6(11)4-7(12)10(16-9)17-13/h4H,2-3,13H2,1H3,(H2,14,16,17). The van der Waals surface area contributed by atoms with Crippen molar-refractivity contribution in [2.75, 3.05) is 17.3 Å². The molecule has 9 heteroatoms. The Morgan fingerprint density at radius 1 is 1.26 bits per heavy atom. The van der Waals surface area contributed by atoms with Gasteiger partial charge in [-0.25, -0.2) is 10.8 Å². The molecule has 19 heavy (non-hydrogen) atoms. The van der Waals surface area contributed by atoms with Gasteiger partial charge >= 0.3 is 0 Å². The second kappa shape index (κ2) is 6.05. The molecule has 0 aliphatic rings. The number of aryl methyl sites for hydroxylation is 1. The third-order valence-corrected chi connectivity index (χ3v) is 2.84. The summed E-state index contributed by atoms with van der Waals surface area (Å²) in [6, 6.07) is 1.56. The second-order valence-corrected chi connectivity index (χ2v) is 4.52. The summed E-state index contributed by atoms with van der Waals surface area (Å²) in [6.45, 7) is 2.30. The summed E-state index contributed by atoms with van der Waals surface area (Å²) >= 11 is 11.9. The molecule has 2 aromatic heterocycles. The average molecular weight is 303 g/mol. The number of nitrogens with zero attached hydrogens (tertiary/aromatic N) is 3. The lowest BCUT2D eigenvalue weighted by Crippen LogP contribution is -2.12. The van der Waals surface area contributed by atoms with Gasteiger partial charge in [-0.1, -0.05) is 28.4 Å². The van der Waals surface area contributed by atoms with Gasteiger partial charge < -0.3 is 15.3 Å². The van der Waals surface area contributed by atoms with E-state index in [9.17, 15) is 0 Å². The van der Waals surface area contributed by atoms with E-state index in [-0.39, 0.29) is 0 Å². The summed E-state index contributed by atoms with van der Waals surface area (Å²) in [4.78, 5) is 8.24. The zero-order valence-corrected chi connectivity index (χ0v) is 11.6. The number of hydrogen-bond acceptors (Lipinski definition) is 7. The highest BCUT2D eigenvalue weighted by Gasteiger charge is 2.09. The van der Waals surface area contributed by atoms with E-state index in [0.29, 0.717) is 46.4 Å². The molecule has 2 rings (SSSR count). The molecule has 0 atom stereocenters. The highest BCUT2D eigenvalue weighted by atomic mass is 35.5. The summed E-state index contributed by atoms with van der Waals surface area (Å²) in [7, 11) is 0. The van der Waals surface area contributed by atoms with Gasteiger partial charge in [0.1, 0.15) is 5.82 Å². The summed E-state index contributed by atoms with van der Waals surface area (Å²) in [5.41, 5.74) is 2.39. The van der Waals surface area contributed by atoms with Gasteiger partial charge in [0.25, 0.3) is 0 Å². The minimum Gasteiger partial charge on any atom is -0.368 e. The SMILES string of the molecule is Cc1noc(CCNc2nc(NN)c(Cl)cc2Cl)n1. The van der Waals surface area contributed by atoms with Crippen molar-refractivity contribution in [2.24, 2.45) is 5.84 Å². The van der Waals surface area contributed by atoms with E-state index in [1.54, 1.807) is 13.0 Å². The van der Waals surface area contributed by atoms with Crippen LogP contribution < -0.4 is 16.6 Å². The second-order valence-electron chi connectivity index (χ2n) is 3.71. The Morgan fingerprint density at radius 2 is 2.00 bits per heavy atom. The minimum absolute atomic E-state index is 0.349. The van der Waals surface area contributed by atoms with Crippen molar-refractivity contribution < 1.29 is 4.52 Å². The number of rotatable bonds is 5. The first-order chi connectivity index (χ1) is 9.10. The first-order valence-electron chi connectivity index (χ1n) is 5.46. The first kappa shape index (κ1) is 13.9. The molecule has 2 aromatic rings. The molecular weight excluding hydrogens is 291 g/mol. The first-order valence-corrected chi connectivity index (χ1v) is 6.21. The topological polar surface area (TPSA) is 102 Å². The average Bonchev–Trinajstić information content (AvgIpc) is 2.78. The summed E-state index contributed by atoms with van der Waals surface area (Å²) in [5, 5.41) is 7.51. The fourth-order valence-electron chi connectivity index (χ4n) is 1.42. The van der Waals surface area contributed by atoms with Crippen LogP contribution in [0.1, 0.15) is 11.7 Å². The molecule has 0 fully saturated rings. The largest absolute Gasteiger partial charge is 0.368 e. The molecule has 0 aromatic carbocycles. The van der Waals surface area contributed by atoms with Gasteiger partial charge in [-0.05, 0) is 13.0 Å². The Morgan fingerprint density at radius 3 is 2.63 bits per heavy atom. The van der Waals surface area contributed by atoms with Crippen molar-refractivity contribution in [3.8, 4) is 0 Å². The Labute approximate surface area is 119 Å². The van der Waals surface area contributed by atoms with E-state index < -0.39 is 0 Å². The lowest BCUT2D eigenvalue weighted by atomic mass is 10.4. The number of anilines is 2. The predicted molar refractivity (Wildman–Crippen MR) is 73.3 cm³/mol. The monoisotopic (exact) mass is 302 g/mol. The molecule has 2 heterocycles. The molecule has 0 saturated carbocycles. The molecule has 0 aliphatic heterocycles. The van der Waals surface area contributed by atoms with Crippen LogP contribution in [0.4, 0.5) is 11.6 Å². The number of nitrogen functional groups attached to an aromatic ring is 1. The van der Waals surface area contributed by atoms with Crippen LogP contribution in [0.5, 0.6) is 0 Å². The van der Waals surface area contributed by atoms with Gasteiger partial charge in [-0.2, -0.15) is 4.98 Å². The zero-order valence-electron chi connectivity index (χ0n) is 10.1. The van der Waals surface area contributed by atoms with Crippen molar-refractivity contribution in [1.82, 2.24) is 15.1 Å². The van der Waals surface area contributed by atoms with Crippen molar-refractivity contribution in [3.63, 3.8) is 0 Å². The molecule has 0 bridgehead atoms. The highest BCUT2D eigenvalue weighted by Crippen LogP contribution is 2.28. The summed E-state index contributed by atoms with van der Waals surface area (Å²) in [6.07, 6.45) is 0.562. The molecule has 7 nitrogen and oxygen atoms in total. The number of nitrogens with two attached hydrogens (primary N) is 1. The smallest absolute Gasteiger partial charge is 0.228 e. The van der Waals surface area contributed by atoms with Gasteiger partial charge in [-0.15, -0.1) is 0 Å². The maximum absolute atomic E-state index is 6.01. The summed E-state index contributed by atoms with van der Waals surface area (Å²) < 4.78 is 4.99. The van der Waals surface area contributed by atoms with E-state index in [1.165, 1.54) is 0 Å². The lowest BCUT2D eigenvalue weighted by Gasteiger charge is -2.09. The van der Waals surface area contributed by atoms with E-state index in [0.717, 1.165) is 0 Å². The maximum atomic E-state index is 6.01. The third-order valence-electron chi connectivity index (χ3n) is 2.27. The van der Waals surface area contributed by atoms with Gasteiger partial charge in [-0.3, -0.25) is 0 Å². The van der Waals surface area contributed by atoms with Crippen molar-refractivity contribution in [3.05, 3.63) is 27.8 Å². The highest BCUT2D eigenvalue weighted by molar-refractivity contribution is 6.37. The lowest BCUT2D eigenvalue weighted by molar-refractivity contribution is 0.377. The number of nitrogens with one attached hydrogen (secondary N) is 2. The molecule has 0 saturated heterocycles. The van der Waals surface area contributed by atoms with Crippen LogP contribution in [0.2, 0.25) is 10.0 Å². The minimum atomic E-state index is 0.349. The summed E-state index contributed by atoms with van der Waals surface area (Å²) in [5.74, 6) is 7.27. The fraction of sp³-hybridized carbons (Fsp3) is 0.300. The Balaban J connectivity index is 1.99.